The summed E-state index contributed by atoms with van der Waals surface area (Å²) in [5.74, 6) is -4.56. The molecule has 3 aromatic carbocycles. The molecule has 0 heterocycles. The quantitative estimate of drug-likeness (QED) is 0.0300. The third-order valence-corrected chi connectivity index (χ3v) is 8.60. The first-order valence-electron chi connectivity index (χ1n) is 18.2. The number of primary amides is 1. The molecule has 3 aromatic rings. The van der Waals surface area contributed by atoms with Crippen LogP contribution in [-0.4, -0.2) is 96.3 Å². The maximum absolute atomic E-state index is 14.0. The Morgan fingerprint density at radius 1 is 0.614 bits per heavy atom. The predicted octanol–water partition coefficient (Wildman–Crippen LogP) is -2.00. The van der Waals surface area contributed by atoms with Gasteiger partial charge >= 0.3 is 0 Å². The first-order chi connectivity index (χ1) is 27.1. The molecule has 57 heavy (non-hydrogen) atoms. The van der Waals surface area contributed by atoms with Gasteiger partial charge in [-0.3, -0.25) is 38.8 Å². The number of nitrogens with two attached hydrogens (primary N) is 5. The van der Waals surface area contributed by atoms with Crippen LogP contribution in [0.3, 0.4) is 0 Å². The predicted molar refractivity (Wildman–Crippen MR) is 215 cm³/mol. The van der Waals surface area contributed by atoms with Crippen LogP contribution in [-0.2, 0) is 41.6 Å². The van der Waals surface area contributed by atoms with Crippen LogP contribution in [0.25, 0.3) is 10.8 Å². The Balaban J connectivity index is 1.87. The lowest BCUT2D eigenvalue weighted by atomic mass is 10.0. The Labute approximate surface area is 329 Å². The van der Waals surface area contributed by atoms with Crippen LogP contribution >= 0.6 is 0 Å². The van der Waals surface area contributed by atoms with E-state index in [2.05, 4.69) is 36.6 Å². The number of nitrogens with one attached hydrogen (secondary N) is 5. The highest BCUT2D eigenvalue weighted by atomic mass is 16.3. The normalized spacial score (nSPS) is 12.8. The molecule has 0 saturated carbocycles. The monoisotopic (exact) mass is 788 g/mol. The van der Waals surface area contributed by atoms with Gasteiger partial charge in [-0.2, -0.15) is 0 Å². The second kappa shape index (κ2) is 22.5. The molecule has 4 atom stereocenters. The number of phenols is 1. The van der Waals surface area contributed by atoms with Crippen LogP contribution in [0.2, 0.25) is 0 Å². The van der Waals surface area contributed by atoms with Crippen LogP contribution in [0.4, 0.5) is 0 Å². The van der Waals surface area contributed by atoms with E-state index in [1.165, 1.54) is 19.1 Å². The minimum Gasteiger partial charge on any atom is -0.508 e. The molecule has 16 N–H and O–H groups in total. The Bertz CT molecular complexity index is 1930. The SMILES string of the molecule is CC(=O)NCC(=O)N[C@H](Cc1ccc(O)cc1)C(=O)N[C@H](CCCN=C(N)N)C(=O)N[C@@H](CCCN=C(N)N)C(=O)N[C@H](Cc1ccc2ccccc2c1)C(N)=O. The Hall–Kier alpha value is -6.92. The van der Waals surface area contributed by atoms with Crippen molar-refractivity contribution < 1.29 is 33.9 Å². The molecule has 0 saturated heterocycles. The largest absolute Gasteiger partial charge is 0.508 e. The first kappa shape index (κ1) is 44.5. The molecular formula is C38H52N12O7. The summed E-state index contributed by atoms with van der Waals surface area (Å²) < 4.78 is 0. The van der Waals surface area contributed by atoms with E-state index in [4.69, 9.17) is 28.7 Å². The van der Waals surface area contributed by atoms with Gasteiger partial charge in [-0.25, -0.2) is 0 Å². The molecule has 19 heteroatoms. The number of aliphatic imine (C=N–C) groups is 2. The molecule has 0 unspecified atom stereocenters. The van der Waals surface area contributed by atoms with E-state index in [1.807, 2.05) is 42.5 Å². The smallest absolute Gasteiger partial charge is 0.243 e. The third-order valence-electron chi connectivity index (χ3n) is 8.60. The lowest BCUT2D eigenvalue weighted by molar-refractivity contribution is -0.134. The van der Waals surface area contributed by atoms with Gasteiger partial charge in [-0.15, -0.1) is 0 Å². The lowest BCUT2D eigenvalue weighted by Gasteiger charge is -2.26. The van der Waals surface area contributed by atoms with Gasteiger partial charge in [0.25, 0.3) is 0 Å². The van der Waals surface area contributed by atoms with Gasteiger partial charge in [0, 0.05) is 32.9 Å². The second-order valence-corrected chi connectivity index (χ2v) is 13.3. The van der Waals surface area contributed by atoms with Crippen molar-refractivity contribution >= 4 is 58.1 Å². The molecular weight excluding hydrogens is 736 g/mol. The van der Waals surface area contributed by atoms with Crippen molar-refractivity contribution in [2.45, 2.75) is 69.6 Å². The number of rotatable bonds is 22. The molecule has 306 valence electrons. The van der Waals surface area contributed by atoms with E-state index in [9.17, 15) is 33.9 Å². The molecule has 0 radical (unpaired) electrons. The lowest BCUT2D eigenvalue weighted by Crippen LogP contribution is -2.58. The molecule has 19 nitrogen and oxygen atoms in total. The topological polar surface area (TPSA) is 338 Å². The molecule has 0 aliphatic heterocycles. The molecule has 0 fully saturated rings. The highest BCUT2D eigenvalue weighted by Crippen LogP contribution is 2.17. The van der Waals surface area contributed by atoms with Crippen LogP contribution in [0, 0.1) is 0 Å². The van der Waals surface area contributed by atoms with Crippen LogP contribution in [0.15, 0.2) is 76.7 Å². The number of carbonyl (C=O) groups is 6. The highest BCUT2D eigenvalue weighted by Gasteiger charge is 2.31. The van der Waals surface area contributed by atoms with E-state index >= 15 is 0 Å². The number of guanidine groups is 2. The van der Waals surface area contributed by atoms with Crippen molar-refractivity contribution in [2.24, 2.45) is 38.7 Å². The molecule has 0 aromatic heterocycles. The van der Waals surface area contributed by atoms with Crippen LogP contribution < -0.4 is 55.3 Å². The summed E-state index contributed by atoms with van der Waals surface area (Å²) in [7, 11) is 0. The number of aromatic hydroxyl groups is 1. The summed E-state index contributed by atoms with van der Waals surface area (Å²) in [4.78, 5) is 86.3. The number of phenolic OH excluding ortho intramolecular Hbond substituents is 1. The van der Waals surface area contributed by atoms with E-state index in [1.54, 1.807) is 12.1 Å². The van der Waals surface area contributed by atoms with Gasteiger partial charge < -0.3 is 60.4 Å². The number of hydrogen-bond donors (Lipinski definition) is 11. The van der Waals surface area contributed by atoms with Gasteiger partial charge in [0.15, 0.2) is 11.9 Å². The van der Waals surface area contributed by atoms with Gasteiger partial charge in [-0.1, -0.05) is 54.6 Å². The van der Waals surface area contributed by atoms with Crippen molar-refractivity contribution in [2.75, 3.05) is 19.6 Å². The standard InChI is InChI=1S/C38H52N12O7/c1-22(51)46-21-32(53)47-31(19-23-11-14-27(52)15-12-23)36(57)49-28(8-4-16-44-37(40)41)34(55)48-29(9-5-17-45-38(42)43)35(56)50-30(33(39)54)20-24-10-13-25-6-2-3-7-26(25)18-24/h2-3,6-7,10-15,18,28-31,52H,4-5,8-9,16-17,19-21H2,1H3,(H2,39,54)(H,46,51)(H,47,53)(H,48,55)(H,49,57)(H,50,56)(H4,40,41,44)(H4,42,43,45)/t28-,29+,30-,31-/m1/s1. The second-order valence-electron chi connectivity index (χ2n) is 13.3. The Kier molecular flexibility index (Phi) is 17.5. The molecule has 6 amide bonds. The number of carbonyl (C=O) groups excluding carboxylic acids is 6. The molecule has 0 spiro atoms. The van der Waals surface area contributed by atoms with E-state index in [0.717, 1.165) is 16.3 Å². The van der Waals surface area contributed by atoms with Gasteiger partial charge in [0.2, 0.25) is 35.4 Å². The number of fused-ring (bicyclic) bond motifs is 1. The number of amides is 6. The van der Waals surface area contributed by atoms with Crippen molar-refractivity contribution in [1.29, 1.82) is 0 Å². The zero-order valence-corrected chi connectivity index (χ0v) is 31.7. The summed E-state index contributed by atoms with van der Waals surface area (Å²) >= 11 is 0. The van der Waals surface area contributed by atoms with E-state index in [-0.39, 0.29) is 69.3 Å². The van der Waals surface area contributed by atoms with Crippen LogP contribution in [0.5, 0.6) is 5.75 Å². The maximum atomic E-state index is 14.0. The summed E-state index contributed by atoms with van der Waals surface area (Å²) in [5, 5.41) is 24.6. The fourth-order valence-corrected chi connectivity index (χ4v) is 5.71. The summed E-state index contributed by atoms with van der Waals surface area (Å²) in [5.41, 5.74) is 28.9. The number of nitrogens with zero attached hydrogens (tertiary/aromatic N) is 2. The van der Waals surface area contributed by atoms with Crippen molar-refractivity contribution in [3.63, 3.8) is 0 Å². The van der Waals surface area contributed by atoms with E-state index in [0.29, 0.717) is 5.56 Å². The zero-order chi connectivity index (χ0) is 41.9. The molecule has 3 rings (SSSR count). The average Bonchev–Trinajstić information content (AvgIpc) is 3.16. The molecule has 0 aliphatic carbocycles. The Morgan fingerprint density at radius 3 is 1.63 bits per heavy atom. The summed E-state index contributed by atoms with van der Waals surface area (Å²) in [6.45, 7) is 1.03. The van der Waals surface area contributed by atoms with Crippen LogP contribution in [0.1, 0.15) is 43.7 Å². The fourth-order valence-electron chi connectivity index (χ4n) is 5.71. The van der Waals surface area contributed by atoms with Crippen molar-refractivity contribution in [3.05, 3.63) is 77.9 Å². The van der Waals surface area contributed by atoms with Crippen molar-refractivity contribution in [1.82, 2.24) is 26.6 Å². The molecule has 0 aliphatic rings. The summed E-state index contributed by atoms with van der Waals surface area (Å²) in [6.07, 6.45) is 0.479. The van der Waals surface area contributed by atoms with E-state index < -0.39 is 66.2 Å². The minimum atomic E-state index is -1.28. The van der Waals surface area contributed by atoms with Gasteiger partial charge in [0.1, 0.15) is 29.9 Å². The summed E-state index contributed by atoms with van der Waals surface area (Å²) in [6, 6.07) is 14.3. The van der Waals surface area contributed by atoms with Gasteiger partial charge in [-0.05, 0) is 59.7 Å². The Morgan fingerprint density at radius 2 is 1.11 bits per heavy atom. The minimum absolute atomic E-state index is 0.00562. The average molecular weight is 789 g/mol. The fraction of sp³-hybridized carbons (Fsp3) is 0.368. The maximum Gasteiger partial charge on any atom is 0.243 e. The number of benzene rings is 3. The highest BCUT2D eigenvalue weighted by molar-refractivity contribution is 5.96. The first-order valence-corrected chi connectivity index (χ1v) is 18.2. The zero-order valence-electron chi connectivity index (χ0n) is 31.7. The molecule has 0 bridgehead atoms. The third kappa shape index (κ3) is 16.1. The van der Waals surface area contributed by atoms with Crippen molar-refractivity contribution in [3.8, 4) is 5.75 Å². The number of hydrogen-bond acceptors (Lipinski definition) is 9. The van der Waals surface area contributed by atoms with Gasteiger partial charge in [0.05, 0.1) is 6.54 Å².